The fourth-order valence-electron chi connectivity index (χ4n) is 4.67. The Hall–Kier alpha value is -5.12. The van der Waals surface area contributed by atoms with Crippen LogP contribution in [0.5, 0.6) is 0 Å². The molecule has 10 heteroatoms. The summed E-state index contributed by atoms with van der Waals surface area (Å²) >= 11 is 0. The second-order valence-corrected chi connectivity index (χ2v) is 10.9. The van der Waals surface area contributed by atoms with Crippen LogP contribution in [0, 0.1) is 0 Å². The summed E-state index contributed by atoms with van der Waals surface area (Å²) in [7, 11) is 3.90. The maximum Gasteiger partial charge on any atom is 0.408 e. The Morgan fingerprint density at radius 3 is 2.23 bits per heavy atom. The zero-order chi connectivity index (χ0) is 31.3. The molecule has 0 aliphatic heterocycles. The van der Waals surface area contributed by atoms with Gasteiger partial charge in [0.15, 0.2) is 0 Å². The van der Waals surface area contributed by atoms with Crippen molar-refractivity contribution in [3.63, 3.8) is 0 Å². The molecule has 0 bridgehead atoms. The van der Waals surface area contributed by atoms with Crippen LogP contribution in [0.1, 0.15) is 35.2 Å². The van der Waals surface area contributed by atoms with Crippen molar-refractivity contribution in [2.45, 2.75) is 38.5 Å². The number of ether oxygens (including phenoxy) is 1. The summed E-state index contributed by atoms with van der Waals surface area (Å²) in [5.74, 6) is -0.625. The van der Waals surface area contributed by atoms with Crippen LogP contribution < -0.4 is 15.5 Å². The molecule has 0 unspecified atom stereocenters. The topological polar surface area (TPSA) is 120 Å². The van der Waals surface area contributed by atoms with Gasteiger partial charge in [0.05, 0.1) is 18.6 Å². The molecule has 1 heterocycles. The van der Waals surface area contributed by atoms with Gasteiger partial charge in [0.25, 0.3) is 0 Å². The van der Waals surface area contributed by atoms with Crippen molar-refractivity contribution in [2.24, 2.45) is 0 Å². The molecule has 3 aromatic carbocycles. The predicted octanol–water partition coefficient (Wildman–Crippen LogP) is 4.26. The monoisotopic (exact) mass is 596 g/mol. The molecule has 0 saturated heterocycles. The van der Waals surface area contributed by atoms with E-state index in [9.17, 15) is 14.4 Å². The van der Waals surface area contributed by atoms with E-state index in [2.05, 4.69) is 20.6 Å². The average Bonchev–Trinajstić information content (AvgIpc) is 3.56. The third kappa shape index (κ3) is 9.72. The van der Waals surface area contributed by atoms with Gasteiger partial charge in [-0.15, -0.1) is 0 Å². The molecule has 3 amide bonds. The Morgan fingerprint density at radius 1 is 0.909 bits per heavy atom. The van der Waals surface area contributed by atoms with Crippen LogP contribution >= 0.6 is 0 Å². The zero-order valence-corrected chi connectivity index (χ0v) is 25.4. The minimum Gasteiger partial charge on any atom is -0.445 e. The summed E-state index contributed by atoms with van der Waals surface area (Å²) in [4.78, 5) is 50.7. The second kappa shape index (κ2) is 15.9. The van der Waals surface area contributed by atoms with E-state index in [-0.39, 0.29) is 37.9 Å². The lowest BCUT2D eigenvalue weighted by Crippen LogP contribution is -2.52. The van der Waals surface area contributed by atoms with E-state index in [1.807, 2.05) is 111 Å². The fraction of sp³-hybridized carbons (Fsp3) is 0.294. The molecule has 4 rings (SSSR count). The van der Waals surface area contributed by atoms with Crippen molar-refractivity contribution in [3.8, 4) is 0 Å². The summed E-state index contributed by atoms with van der Waals surface area (Å²) in [6, 6.07) is 26.0. The number of rotatable bonds is 14. The molecule has 0 aliphatic carbocycles. The molecule has 1 aromatic heterocycles. The maximum absolute atomic E-state index is 14.1. The van der Waals surface area contributed by atoms with E-state index in [4.69, 9.17) is 4.74 Å². The van der Waals surface area contributed by atoms with Crippen LogP contribution in [0.15, 0.2) is 97.5 Å². The lowest BCUT2D eigenvalue weighted by Gasteiger charge is -2.28. The van der Waals surface area contributed by atoms with Crippen molar-refractivity contribution in [3.05, 3.63) is 120 Å². The number of nitrogens with one attached hydrogen (secondary N) is 3. The van der Waals surface area contributed by atoms with E-state index >= 15 is 0 Å². The molecule has 4 aromatic rings. The SMILES string of the molecule is C[C@H](CNC(=O)CN(Cc1ccc(N(C)C)cc1)C(=O)[C@H](Cc1c[nH]cn1)NC(=O)OCc1ccccc1)c1ccccc1. The number of imidazole rings is 1. The van der Waals surface area contributed by atoms with E-state index < -0.39 is 18.0 Å². The first-order valence-electron chi connectivity index (χ1n) is 14.6. The normalized spacial score (nSPS) is 12.1. The first-order chi connectivity index (χ1) is 21.3. The number of hydrogen-bond acceptors (Lipinski definition) is 6. The second-order valence-electron chi connectivity index (χ2n) is 10.9. The highest BCUT2D eigenvalue weighted by atomic mass is 16.5. The molecule has 0 fully saturated rings. The van der Waals surface area contributed by atoms with E-state index in [1.165, 1.54) is 11.2 Å². The highest BCUT2D eigenvalue weighted by Crippen LogP contribution is 2.16. The van der Waals surface area contributed by atoms with Crippen LogP contribution in [-0.2, 0) is 33.9 Å². The third-order valence-electron chi connectivity index (χ3n) is 7.22. The highest BCUT2D eigenvalue weighted by molar-refractivity contribution is 5.89. The molecule has 0 saturated carbocycles. The van der Waals surface area contributed by atoms with Crippen molar-refractivity contribution in [2.75, 3.05) is 32.1 Å². The van der Waals surface area contributed by atoms with Gasteiger partial charge in [-0.1, -0.05) is 79.7 Å². The van der Waals surface area contributed by atoms with E-state index in [0.29, 0.717) is 12.2 Å². The quantitative estimate of drug-likeness (QED) is 0.200. The van der Waals surface area contributed by atoms with Crippen LogP contribution in [0.25, 0.3) is 0 Å². The Labute approximate surface area is 258 Å². The number of carbonyl (C=O) groups is 3. The summed E-state index contributed by atoms with van der Waals surface area (Å²) in [6.07, 6.45) is 2.56. The molecule has 230 valence electrons. The molecule has 10 nitrogen and oxygen atoms in total. The van der Waals surface area contributed by atoms with Crippen LogP contribution in [0.3, 0.4) is 0 Å². The lowest BCUT2D eigenvalue weighted by molar-refractivity contribution is -0.138. The Morgan fingerprint density at radius 2 is 1.59 bits per heavy atom. The minimum atomic E-state index is -1.02. The first kappa shape index (κ1) is 31.8. The third-order valence-corrected chi connectivity index (χ3v) is 7.22. The van der Waals surface area contributed by atoms with Crippen LogP contribution in [0.2, 0.25) is 0 Å². The number of nitrogens with zero attached hydrogens (tertiary/aromatic N) is 3. The van der Waals surface area contributed by atoms with Crippen LogP contribution in [-0.4, -0.2) is 66.0 Å². The van der Waals surface area contributed by atoms with E-state index in [0.717, 1.165) is 22.4 Å². The number of H-pyrrole nitrogens is 1. The summed E-state index contributed by atoms with van der Waals surface area (Å²) in [5.41, 5.74) is 4.38. The summed E-state index contributed by atoms with van der Waals surface area (Å²) in [5, 5.41) is 5.69. The van der Waals surface area contributed by atoms with Gasteiger partial charge in [-0.3, -0.25) is 9.59 Å². The Balaban J connectivity index is 1.50. The van der Waals surface area contributed by atoms with Crippen molar-refractivity contribution in [1.29, 1.82) is 0 Å². The number of aromatic amines is 1. The smallest absolute Gasteiger partial charge is 0.408 e. The van der Waals surface area contributed by atoms with Crippen LogP contribution in [0.4, 0.5) is 10.5 Å². The van der Waals surface area contributed by atoms with E-state index in [1.54, 1.807) is 6.20 Å². The van der Waals surface area contributed by atoms with Gasteiger partial charge in [0.2, 0.25) is 11.8 Å². The van der Waals surface area contributed by atoms with Gasteiger partial charge < -0.3 is 30.2 Å². The molecule has 0 radical (unpaired) electrons. The Bertz CT molecular complexity index is 1460. The standard InChI is InChI=1S/C34H40N6O4/c1-25(28-12-8-5-9-13-28)19-36-32(41)22-40(21-26-14-16-30(17-15-26)39(2)3)33(42)31(18-29-20-35-24-37-29)38-34(43)44-23-27-10-6-4-7-11-27/h4-17,20,24-25,31H,18-19,21-23H2,1-3H3,(H,35,37)(H,36,41)(H,38,43)/t25-,31+/m1/s1. The molecular formula is C34H40N6O4. The first-order valence-corrected chi connectivity index (χ1v) is 14.6. The molecular weight excluding hydrogens is 556 g/mol. The van der Waals surface area contributed by atoms with Gasteiger partial charge >= 0.3 is 6.09 Å². The van der Waals surface area contributed by atoms with Gasteiger partial charge in [0, 0.05) is 45.5 Å². The van der Waals surface area contributed by atoms with Gasteiger partial charge in [-0.25, -0.2) is 9.78 Å². The van der Waals surface area contributed by atoms with Crippen molar-refractivity contribution in [1.82, 2.24) is 25.5 Å². The lowest BCUT2D eigenvalue weighted by atomic mass is 10.0. The number of benzene rings is 3. The summed E-state index contributed by atoms with van der Waals surface area (Å²) < 4.78 is 5.42. The zero-order valence-electron chi connectivity index (χ0n) is 25.4. The number of amides is 3. The number of alkyl carbamates (subject to hydrolysis) is 1. The van der Waals surface area contributed by atoms with Gasteiger partial charge in [-0.05, 0) is 34.7 Å². The van der Waals surface area contributed by atoms with Crippen molar-refractivity contribution < 1.29 is 19.1 Å². The molecule has 0 spiro atoms. The molecule has 0 aliphatic rings. The highest BCUT2D eigenvalue weighted by Gasteiger charge is 2.29. The summed E-state index contributed by atoms with van der Waals surface area (Å²) in [6.45, 7) is 2.50. The number of aromatic nitrogens is 2. The maximum atomic E-state index is 14.1. The van der Waals surface area contributed by atoms with Gasteiger partial charge in [-0.2, -0.15) is 0 Å². The molecule has 44 heavy (non-hydrogen) atoms. The molecule has 3 N–H and O–H groups in total. The predicted molar refractivity (Wildman–Crippen MR) is 170 cm³/mol. The number of carbonyl (C=O) groups excluding carboxylic acids is 3. The largest absolute Gasteiger partial charge is 0.445 e. The minimum absolute atomic E-state index is 0.0555. The molecule has 2 atom stereocenters. The van der Waals surface area contributed by atoms with Gasteiger partial charge in [0.1, 0.15) is 12.6 Å². The average molecular weight is 597 g/mol. The number of hydrogen-bond donors (Lipinski definition) is 3. The van der Waals surface area contributed by atoms with Crippen molar-refractivity contribution >= 4 is 23.6 Å². The Kier molecular flexibility index (Phi) is 11.5. The number of anilines is 1. The fourth-order valence-corrected chi connectivity index (χ4v) is 4.67.